The minimum atomic E-state index is 0.107. The number of methoxy groups -OCH3 is 1. The number of rotatable bonds is 6. The highest BCUT2D eigenvalue weighted by molar-refractivity contribution is 7.99. The summed E-state index contributed by atoms with van der Waals surface area (Å²) in [4.78, 5) is 9.32. The first-order chi connectivity index (χ1) is 12.8. The van der Waals surface area contributed by atoms with Gasteiger partial charge in [0, 0.05) is 17.2 Å². The molecular weight excluding hydrogens is 346 g/mol. The van der Waals surface area contributed by atoms with Crippen LogP contribution >= 0.6 is 11.8 Å². The van der Waals surface area contributed by atoms with Crippen molar-refractivity contribution < 1.29 is 9.84 Å². The zero-order valence-electron chi connectivity index (χ0n) is 14.6. The molecule has 0 saturated carbocycles. The molecule has 0 atom stereocenters. The maximum absolute atomic E-state index is 9.10. The van der Waals surface area contributed by atoms with Crippen molar-refractivity contribution >= 4 is 28.5 Å². The molecule has 5 nitrogen and oxygen atoms in total. The van der Waals surface area contributed by atoms with Gasteiger partial charge in [0.1, 0.15) is 11.6 Å². The van der Waals surface area contributed by atoms with Crippen LogP contribution < -0.4 is 10.1 Å². The molecule has 0 aliphatic heterocycles. The molecule has 0 spiro atoms. The van der Waals surface area contributed by atoms with Gasteiger partial charge in [0.2, 0.25) is 0 Å². The molecule has 6 heteroatoms. The average Bonchev–Trinajstić information content (AvgIpc) is 3.08. The number of benzene rings is 2. The van der Waals surface area contributed by atoms with Gasteiger partial charge in [-0.1, -0.05) is 36.0 Å². The van der Waals surface area contributed by atoms with E-state index in [1.807, 2.05) is 18.2 Å². The van der Waals surface area contributed by atoms with Crippen LogP contribution in [0, 0.1) is 0 Å². The van der Waals surface area contributed by atoms with E-state index < -0.39 is 0 Å². The molecule has 134 valence electrons. The zero-order valence-corrected chi connectivity index (χ0v) is 15.4. The third-order valence-electron chi connectivity index (χ3n) is 4.60. The van der Waals surface area contributed by atoms with E-state index in [1.54, 1.807) is 7.11 Å². The number of aliphatic hydroxyl groups excluding tert-OH is 1. The van der Waals surface area contributed by atoms with Crippen molar-refractivity contribution in [2.75, 3.05) is 24.8 Å². The smallest absolute Gasteiger partial charge is 0.190 e. The van der Waals surface area contributed by atoms with Gasteiger partial charge in [0.15, 0.2) is 5.16 Å². The largest absolute Gasteiger partial charge is 0.497 e. The molecule has 0 radical (unpaired) electrons. The van der Waals surface area contributed by atoms with Gasteiger partial charge >= 0.3 is 0 Å². The Morgan fingerprint density at radius 1 is 1.15 bits per heavy atom. The quantitative estimate of drug-likeness (QED) is 0.515. The molecule has 0 fully saturated rings. The number of ether oxygens (including phenoxy) is 1. The molecule has 1 heterocycles. The summed E-state index contributed by atoms with van der Waals surface area (Å²) in [7, 11) is 1.66. The second-order valence-electron chi connectivity index (χ2n) is 6.33. The van der Waals surface area contributed by atoms with Crippen molar-refractivity contribution in [2.24, 2.45) is 0 Å². The van der Waals surface area contributed by atoms with Crippen molar-refractivity contribution in [3.05, 3.63) is 53.6 Å². The van der Waals surface area contributed by atoms with Crippen molar-refractivity contribution in [2.45, 2.75) is 24.0 Å². The number of hydrogen-bond donors (Lipinski definition) is 2. The summed E-state index contributed by atoms with van der Waals surface area (Å²) in [5.74, 6) is 2.19. The second kappa shape index (κ2) is 7.51. The van der Waals surface area contributed by atoms with E-state index in [4.69, 9.17) is 14.8 Å². The Labute approximate surface area is 156 Å². The lowest BCUT2D eigenvalue weighted by molar-refractivity contribution is 0.322. The Kier molecular flexibility index (Phi) is 4.95. The molecule has 1 aliphatic rings. The maximum Gasteiger partial charge on any atom is 0.190 e. The van der Waals surface area contributed by atoms with Gasteiger partial charge in [-0.15, -0.1) is 0 Å². The highest BCUT2D eigenvalue weighted by atomic mass is 32.2. The summed E-state index contributed by atoms with van der Waals surface area (Å²) in [6.07, 6.45) is 1.98. The molecule has 0 amide bonds. The number of aliphatic hydroxyl groups is 1. The van der Waals surface area contributed by atoms with Gasteiger partial charge in [-0.25, -0.2) is 9.97 Å². The van der Waals surface area contributed by atoms with Crippen molar-refractivity contribution in [1.29, 1.82) is 0 Å². The summed E-state index contributed by atoms with van der Waals surface area (Å²) in [6.45, 7) is 0.107. The minimum Gasteiger partial charge on any atom is -0.497 e. The number of fused-ring (bicyclic) bond motifs is 2. The first-order valence-electron chi connectivity index (χ1n) is 8.69. The third kappa shape index (κ3) is 3.48. The Morgan fingerprint density at radius 3 is 2.62 bits per heavy atom. The fourth-order valence-electron chi connectivity index (χ4n) is 3.38. The van der Waals surface area contributed by atoms with Crippen LogP contribution in [0.2, 0.25) is 0 Å². The first kappa shape index (κ1) is 17.1. The van der Waals surface area contributed by atoms with Crippen LogP contribution in [0.25, 0.3) is 10.9 Å². The fourth-order valence-corrected chi connectivity index (χ4v) is 3.97. The summed E-state index contributed by atoms with van der Waals surface area (Å²) in [6, 6.07) is 14.7. The normalized spacial score (nSPS) is 13.8. The van der Waals surface area contributed by atoms with Crippen LogP contribution in [0.4, 0.5) is 5.82 Å². The molecule has 2 aromatic carbocycles. The number of hydrogen-bond acceptors (Lipinski definition) is 6. The van der Waals surface area contributed by atoms with Crippen molar-refractivity contribution in [3.63, 3.8) is 0 Å². The molecule has 0 saturated heterocycles. The van der Waals surface area contributed by atoms with E-state index in [-0.39, 0.29) is 6.61 Å². The SMILES string of the molecule is COc1ccc2nc(SCCO)nc(NC3Cc4ccccc4C3)c2c1. The van der Waals surface area contributed by atoms with Crippen LogP contribution in [-0.2, 0) is 12.8 Å². The standard InChI is InChI=1S/C20H21N3O2S/c1-25-16-6-7-18-17(12-16)19(23-20(22-18)26-9-8-24)21-15-10-13-4-2-3-5-14(13)11-15/h2-7,12,15,24H,8-11H2,1H3,(H,21,22,23). The van der Waals surface area contributed by atoms with Gasteiger partial charge in [-0.2, -0.15) is 0 Å². The molecular formula is C20H21N3O2S. The van der Waals surface area contributed by atoms with Gasteiger partial charge in [0.25, 0.3) is 0 Å². The second-order valence-corrected chi connectivity index (χ2v) is 7.39. The summed E-state index contributed by atoms with van der Waals surface area (Å²) in [5, 5.41) is 14.3. The van der Waals surface area contributed by atoms with Crippen LogP contribution in [0.1, 0.15) is 11.1 Å². The molecule has 1 aliphatic carbocycles. The highest BCUT2D eigenvalue weighted by Gasteiger charge is 2.22. The number of anilines is 1. The van der Waals surface area contributed by atoms with Gasteiger partial charge < -0.3 is 15.2 Å². The summed E-state index contributed by atoms with van der Waals surface area (Å²) >= 11 is 1.46. The Morgan fingerprint density at radius 2 is 1.92 bits per heavy atom. The number of nitrogens with one attached hydrogen (secondary N) is 1. The highest BCUT2D eigenvalue weighted by Crippen LogP contribution is 2.30. The Balaban J connectivity index is 1.67. The van der Waals surface area contributed by atoms with Gasteiger partial charge in [-0.05, 0) is 42.2 Å². The lowest BCUT2D eigenvalue weighted by atomic mass is 10.1. The maximum atomic E-state index is 9.10. The molecule has 0 bridgehead atoms. The molecule has 0 unspecified atom stereocenters. The summed E-state index contributed by atoms with van der Waals surface area (Å²) < 4.78 is 5.37. The van der Waals surface area contributed by atoms with Crippen LogP contribution in [0.5, 0.6) is 5.75 Å². The topological polar surface area (TPSA) is 67.3 Å². The Hall–Kier alpha value is -2.31. The molecule has 1 aromatic heterocycles. The number of thioether (sulfide) groups is 1. The minimum absolute atomic E-state index is 0.107. The van der Waals surface area contributed by atoms with Crippen molar-refractivity contribution in [1.82, 2.24) is 9.97 Å². The van der Waals surface area contributed by atoms with E-state index in [0.29, 0.717) is 17.0 Å². The number of nitrogens with zero attached hydrogens (tertiary/aromatic N) is 2. The third-order valence-corrected chi connectivity index (χ3v) is 5.42. The lowest BCUT2D eigenvalue weighted by Gasteiger charge is -2.16. The van der Waals surface area contributed by atoms with Crippen LogP contribution in [-0.4, -0.2) is 40.6 Å². The van der Waals surface area contributed by atoms with Crippen molar-refractivity contribution in [3.8, 4) is 5.75 Å². The van der Waals surface area contributed by atoms with E-state index >= 15 is 0 Å². The first-order valence-corrected chi connectivity index (χ1v) is 9.68. The monoisotopic (exact) mass is 367 g/mol. The number of aromatic nitrogens is 2. The fraction of sp³-hybridized carbons (Fsp3) is 0.300. The lowest BCUT2D eigenvalue weighted by Crippen LogP contribution is -2.20. The van der Waals surface area contributed by atoms with Gasteiger partial charge in [0.05, 0.1) is 19.2 Å². The Bertz CT molecular complexity index is 907. The van der Waals surface area contributed by atoms with E-state index in [1.165, 1.54) is 22.9 Å². The molecule has 4 rings (SSSR count). The molecule has 3 aromatic rings. The van der Waals surface area contributed by atoms with E-state index in [9.17, 15) is 0 Å². The molecule has 26 heavy (non-hydrogen) atoms. The van der Waals surface area contributed by atoms with Crippen LogP contribution in [0.3, 0.4) is 0 Å². The van der Waals surface area contributed by atoms with Crippen LogP contribution in [0.15, 0.2) is 47.6 Å². The van der Waals surface area contributed by atoms with E-state index in [2.05, 4.69) is 34.6 Å². The average molecular weight is 367 g/mol. The predicted molar refractivity (Wildman–Crippen MR) is 105 cm³/mol. The molecule has 2 N–H and O–H groups in total. The predicted octanol–water partition coefficient (Wildman–Crippen LogP) is 3.30. The zero-order chi connectivity index (χ0) is 17.9. The van der Waals surface area contributed by atoms with E-state index in [0.717, 1.165) is 35.3 Å². The summed E-state index contributed by atoms with van der Waals surface area (Å²) in [5.41, 5.74) is 3.67. The van der Waals surface area contributed by atoms with Gasteiger partial charge in [-0.3, -0.25) is 0 Å².